The number of rotatable bonds is 1. The highest BCUT2D eigenvalue weighted by Crippen LogP contribution is 2.36. The molecule has 0 aliphatic carbocycles. The molecule has 0 spiro atoms. The molecule has 0 bridgehead atoms. The number of hydrogen-bond donors (Lipinski definition) is 1. The molecule has 0 radical (unpaired) electrons. The van der Waals surface area contributed by atoms with Crippen LogP contribution in [-0.2, 0) is 14.3 Å². The van der Waals surface area contributed by atoms with Crippen LogP contribution in [0.5, 0.6) is 0 Å². The van der Waals surface area contributed by atoms with Crippen LogP contribution in [0.15, 0.2) is 42.5 Å². The Morgan fingerprint density at radius 2 is 1.94 bits per heavy atom. The van der Waals surface area contributed by atoms with Crippen LogP contribution in [0, 0.1) is 0 Å². The van der Waals surface area contributed by atoms with Crippen molar-refractivity contribution >= 4 is 5.97 Å². The Morgan fingerprint density at radius 1 is 1.18 bits per heavy atom. The zero-order valence-corrected chi connectivity index (χ0v) is 9.02. The predicted molar refractivity (Wildman–Crippen MR) is 59.1 cm³/mol. The van der Waals surface area contributed by atoms with Crippen LogP contribution >= 0.6 is 0 Å². The van der Waals surface area contributed by atoms with Crippen LogP contribution < -0.4 is 0 Å². The molecule has 1 saturated heterocycles. The number of fused-ring (bicyclic) bond motifs is 1. The smallest absolute Gasteiger partial charge is 0.330 e. The molecular weight excluding hydrogens is 220 g/mol. The maximum absolute atomic E-state index is 11.1. The van der Waals surface area contributed by atoms with Crippen molar-refractivity contribution in [2.75, 3.05) is 0 Å². The van der Waals surface area contributed by atoms with E-state index in [1.165, 1.54) is 6.08 Å². The summed E-state index contributed by atoms with van der Waals surface area (Å²) in [5.74, 6) is -0.428. The Hall–Kier alpha value is -1.65. The average Bonchev–Trinajstić information content (AvgIpc) is 2.68. The second kappa shape index (κ2) is 3.98. The fourth-order valence-corrected chi connectivity index (χ4v) is 2.25. The van der Waals surface area contributed by atoms with Crippen LogP contribution in [0.3, 0.4) is 0 Å². The molecule has 17 heavy (non-hydrogen) atoms. The normalized spacial score (nSPS) is 35.5. The zero-order valence-electron chi connectivity index (χ0n) is 9.02. The van der Waals surface area contributed by atoms with Gasteiger partial charge in [-0.15, -0.1) is 0 Å². The first kappa shape index (κ1) is 10.5. The van der Waals surface area contributed by atoms with E-state index in [2.05, 4.69) is 0 Å². The van der Waals surface area contributed by atoms with Crippen molar-refractivity contribution in [1.29, 1.82) is 0 Å². The molecule has 2 heterocycles. The molecule has 0 saturated carbocycles. The SMILES string of the molecule is O=C1C=CC2O[C@H](c3ccccc3)[C@H](O)C2O1. The van der Waals surface area contributed by atoms with E-state index in [-0.39, 0.29) is 6.10 Å². The van der Waals surface area contributed by atoms with Gasteiger partial charge in [0, 0.05) is 6.08 Å². The van der Waals surface area contributed by atoms with Crippen molar-refractivity contribution in [3.8, 4) is 0 Å². The number of carbonyl (C=O) groups is 1. The minimum absolute atomic E-state index is 0.354. The Kier molecular flexibility index (Phi) is 2.46. The molecule has 88 valence electrons. The summed E-state index contributed by atoms with van der Waals surface area (Å²) < 4.78 is 10.8. The van der Waals surface area contributed by atoms with Crippen molar-refractivity contribution in [1.82, 2.24) is 0 Å². The standard InChI is InChI=1S/C13H12O4/c14-10-7-6-9-13(17-10)11(15)12(16-9)8-4-2-1-3-5-8/h1-7,9,11-13,15H/t9?,11-,12+,13?/m0/s1. The lowest BCUT2D eigenvalue weighted by Crippen LogP contribution is -2.36. The van der Waals surface area contributed by atoms with E-state index in [1.54, 1.807) is 6.08 Å². The molecule has 4 nitrogen and oxygen atoms in total. The Morgan fingerprint density at radius 3 is 2.71 bits per heavy atom. The maximum atomic E-state index is 11.1. The summed E-state index contributed by atoms with van der Waals surface area (Å²) in [5.41, 5.74) is 0.888. The van der Waals surface area contributed by atoms with Crippen molar-refractivity contribution < 1.29 is 19.4 Å². The molecule has 1 aromatic carbocycles. The summed E-state index contributed by atoms with van der Waals surface area (Å²) >= 11 is 0. The average molecular weight is 232 g/mol. The Labute approximate surface area is 98.5 Å². The monoisotopic (exact) mass is 232 g/mol. The van der Waals surface area contributed by atoms with Gasteiger partial charge in [0.15, 0.2) is 6.10 Å². The van der Waals surface area contributed by atoms with Crippen molar-refractivity contribution in [2.45, 2.75) is 24.4 Å². The molecular formula is C13H12O4. The van der Waals surface area contributed by atoms with E-state index in [0.717, 1.165) is 5.56 Å². The molecule has 1 aromatic rings. The molecule has 2 aliphatic rings. The van der Waals surface area contributed by atoms with Gasteiger partial charge in [0.1, 0.15) is 18.3 Å². The summed E-state index contributed by atoms with van der Waals surface area (Å²) in [5, 5.41) is 10.1. The van der Waals surface area contributed by atoms with Gasteiger partial charge in [-0.25, -0.2) is 4.79 Å². The number of esters is 1. The van der Waals surface area contributed by atoms with Crippen LogP contribution in [0.1, 0.15) is 11.7 Å². The number of carbonyl (C=O) groups excluding carboxylic acids is 1. The van der Waals surface area contributed by atoms with Crippen LogP contribution in [0.4, 0.5) is 0 Å². The van der Waals surface area contributed by atoms with Crippen LogP contribution in [0.25, 0.3) is 0 Å². The quantitative estimate of drug-likeness (QED) is 0.733. The third-order valence-electron chi connectivity index (χ3n) is 3.08. The molecule has 1 N–H and O–H groups in total. The molecule has 2 aliphatic heterocycles. The molecule has 2 unspecified atom stereocenters. The molecule has 0 amide bonds. The van der Waals surface area contributed by atoms with Crippen molar-refractivity contribution in [3.63, 3.8) is 0 Å². The van der Waals surface area contributed by atoms with E-state index in [0.29, 0.717) is 0 Å². The number of aliphatic hydroxyl groups excluding tert-OH is 1. The minimum Gasteiger partial charge on any atom is -0.453 e. The first-order valence-electron chi connectivity index (χ1n) is 5.53. The largest absolute Gasteiger partial charge is 0.453 e. The maximum Gasteiger partial charge on any atom is 0.330 e. The Bertz CT molecular complexity index is 454. The predicted octanol–water partition coefficient (Wildman–Crippen LogP) is 0.969. The highest BCUT2D eigenvalue weighted by atomic mass is 16.6. The van der Waals surface area contributed by atoms with E-state index in [9.17, 15) is 9.90 Å². The summed E-state index contributed by atoms with van der Waals surface area (Å²) in [7, 11) is 0. The van der Waals surface area contributed by atoms with Gasteiger partial charge in [0.2, 0.25) is 0 Å². The molecule has 0 aromatic heterocycles. The lowest BCUT2D eigenvalue weighted by molar-refractivity contribution is -0.150. The van der Waals surface area contributed by atoms with Crippen LogP contribution in [-0.4, -0.2) is 29.4 Å². The number of aliphatic hydroxyl groups is 1. The minimum atomic E-state index is -0.823. The number of hydrogen-bond acceptors (Lipinski definition) is 4. The van der Waals surface area contributed by atoms with Gasteiger partial charge in [-0.05, 0) is 11.6 Å². The van der Waals surface area contributed by atoms with Gasteiger partial charge >= 0.3 is 5.97 Å². The molecule has 3 rings (SSSR count). The zero-order chi connectivity index (χ0) is 11.8. The lowest BCUT2D eigenvalue weighted by atomic mass is 10.0. The van der Waals surface area contributed by atoms with Crippen LogP contribution in [0.2, 0.25) is 0 Å². The third-order valence-corrected chi connectivity index (χ3v) is 3.08. The van der Waals surface area contributed by atoms with E-state index in [1.807, 2.05) is 30.3 Å². The first-order chi connectivity index (χ1) is 8.25. The number of ether oxygens (including phenoxy) is 2. The van der Waals surface area contributed by atoms with Gasteiger partial charge in [0.25, 0.3) is 0 Å². The highest BCUT2D eigenvalue weighted by molar-refractivity contribution is 5.83. The van der Waals surface area contributed by atoms with Crippen molar-refractivity contribution in [3.05, 3.63) is 48.0 Å². The highest BCUT2D eigenvalue weighted by Gasteiger charge is 2.46. The topological polar surface area (TPSA) is 55.8 Å². The number of benzene rings is 1. The fourth-order valence-electron chi connectivity index (χ4n) is 2.25. The van der Waals surface area contributed by atoms with E-state index >= 15 is 0 Å². The first-order valence-corrected chi connectivity index (χ1v) is 5.53. The molecule has 4 heteroatoms. The van der Waals surface area contributed by atoms with Gasteiger partial charge in [-0.3, -0.25) is 0 Å². The van der Waals surface area contributed by atoms with Gasteiger partial charge < -0.3 is 14.6 Å². The van der Waals surface area contributed by atoms with Gasteiger partial charge in [-0.1, -0.05) is 30.3 Å². The second-order valence-corrected chi connectivity index (χ2v) is 4.18. The van der Waals surface area contributed by atoms with Gasteiger partial charge in [-0.2, -0.15) is 0 Å². The fraction of sp³-hybridized carbons (Fsp3) is 0.308. The van der Waals surface area contributed by atoms with E-state index in [4.69, 9.17) is 9.47 Å². The molecule has 4 atom stereocenters. The second-order valence-electron chi connectivity index (χ2n) is 4.18. The van der Waals surface area contributed by atoms with Crippen molar-refractivity contribution in [2.24, 2.45) is 0 Å². The summed E-state index contributed by atoms with van der Waals surface area (Å²) in [4.78, 5) is 11.1. The third kappa shape index (κ3) is 1.75. The molecule has 1 fully saturated rings. The summed E-state index contributed by atoms with van der Waals surface area (Å²) in [6.07, 6.45) is 0.757. The Balaban J connectivity index is 1.87. The van der Waals surface area contributed by atoms with Gasteiger partial charge in [0.05, 0.1) is 0 Å². The summed E-state index contributed by atoms with van der Waals surface area (Å²) in [6, 6.07) is 9.44. The van der Waals surface area contributed by atoms with E-state index < -0.39 is 24.3 Å². The lowest BCUT2D eigenvalue weighted by Gasteiger charge is -2.20. The summed E-state index contributed by atoms with van der Waals surface area (Å²) in [6.45, 7) is 0.